The van der Waals surface area contributed by atoms with Crippen molar-refractivity contribution < 1.29 is 14.5 Å². The highest BCUT2D eigenvalue weighted by atomic mass is 16.6. The molecule has 1 aromatic rings. The Labute approximate surface area is 91.4 Å². The lowest BCUT2D eigenvalue weighted by molar-refractivity contribution is -0.384. The van der Waals surface area contributed by atoms with Gasteiger partial charge in [0.25, 0.3) is 5.69 Å². The highest BCUT2D eigenvalue weighted by molar-refractivity contribution is 5.69. The molecule has 84 valence electrons. The summed E-state index contributed by atoms with van der Waals surface area (Å²) in [7, 11) is 0. The number of hydrogen-bond donors (Lipinski definition) is 1. The smallest absolute Gasteiger partial charge is 0.407 e. The molecule has 1 aliphatic heterocycles. The minimum Gasteiger partial charge on any atom is -0.447 e. The Morgan fingerprint density at radius 1 is 1.44 bits per heavy atom. The summed E-state index contributed by atoms with van der Waals surface area (Å²) < 4.78 is 4.74. The number of benzene rings is 1. The minimum absolute atomic E-state index is 0.0473. The number of nitro groups is 1. The second kappa shape index (κ2) is 4.18. The predicted octanol–water partition coefficient (Wildman–Crippen LogP) is 1.25. The fourth-order valence-electron chi connectivity index (χ4n) is 1.57. The molecule has 1 fully saturated rings. The van der Waals surface area contributed by atoms with E-state index in [0.717, 1.165) is 5.56 Å². The number of ether oxygens (including phenoxy) is 1. The first-order valence-corrected chi connectivity index (χ1v) is 4.82. The van der Waals surface area contributed by atoms with E-state index in [-0.39, 0.29) is 11.7 Å². The predicted molar refractivity (Wildman–Crippen MR) is 55.1 cm³/mol. The SMILES string of the molecule is O=C1NC(Cc2ccc([N+](=O)[O-])cc2)CO1. The molecule has 1 unspecified atom stereocenters. The largest absolute Gasteiger partial charge is 0.447 e. The van der Waals surface area contributed by atoms with E-state index in [1.54, 1.807) is 12.1 Å². The molecule has 0 aliphatic carbocycles. The third-order valence-corrected chi connectivity index (χ3v) is 2.37. The van der Waals surface area contributed by atoms with Crippen molar-refractivity contribution >= 4 is 11.8 Å². The average Bonchev–Trinajstić information content (AvgIpc) is 2.65. The molecule has 0 saturated carbocycles. The Bertz CT molecular complexity index is 415. The van der Waals surface area contributed by atoms with E-state index >= 15 is 0 Å². The molecule has 6 heteroatoms. The molecule has 1 amide bonds. The van der Waals surface area contributed by atoms with Crippen LogP contribution in [0.5, 0.6) is 0 Å². The van der Waals surface area contributed by atoms with Crippen molar-refractivity contribution in [3.8, 4) is 0 Å². The Balaban J connectivity index is 2.00. The number of carbonyl (C=O) groups excluding carboxylic acids is 1. The molecule has 1 aliphatic rings. The lowest BCUT2D eigenvalue weighted by Crippen LogP contribution is -2.28. The third kappa shape index (κ3) is 2.28. The van der Waals surface area contributed by atoms with E-state index in [4.69, 9.17) is 4.74 Å². The fourth-order valence-corrected chi connectivity index (χ4v) is 1.57. The maximum atomic E-state index is 10.8. The van der Waals surface area contributed by atoms with Crippen LogP contribution in [0.4, 0.5) is 10.5 Å². The van der Waals surface area contributed by atoms with Gasteiger partial charge in [-0.25, -0.2) is 4.79 Å². The summed E-state index contributed by atoms with van der Waals surface area (Å²) in [6.45, 7) is 0.343. The lowest BCUT2D eigenvalue weighted by Gasteiger charge is -2.06. The topological polar surface area (TPSA) is 81.5 Å². The fraction of sp³-hybridized carbons (Fsp3) is 0.300. The van der Waals surface area contributed by atoms with Crippen LogP contribution in [0.15, 0.2) is 24.3 Å². The van der Waals surface area contributed by atoms with Crippen molar-refractivity contribution in [2.45, 2.75) is 12.5 Å². The minimum atomic E-state index is -0.440. The Kier molecular flexibility index (Phi) is 2.72. The summed E-state index contributed by atoms with van der Waals surface area (Å²) in [5.41, 5.74) is 0.997. The summed E-state index contributed by atoms with van der Waals surface area (Å²) in [6.07, 6.45) is 0.205. The molecule has 1 heterocycles. The van der Waals surface area contributed by atoms with E-state index in [0.29, 0.717) is 13.0 Å². The standard InChI is InChI=1S/C10H10N2O4/c13-10-11-8(6-16-10)5-7-1-3-9(4-2-7)12(14)15/h1-4,8H,5-6H2,(H,11,13). The molecular weight excluding hydrogens is 212 g/mol. The monoisotopic (exact) mass is 222 g/mol. The number of amides is 1. The number of rotatable bonds is 3. The van der Waals surface area contributed by atoms with Crippen LogP contribution in [0.1, 0.15) is 5.56 Å². The molecule has 1 N–H and O–H groups in total. The zero-order valence-corrected chi connectivity index (χ0v) is 8.38. The molecule has 0 spiro atoms. The molecule has 0 aromatic heterocycles. The molecule has 1 aromatic carbocycles. The number of hydrogen-bond acceptors (Lipinski definition) is 4. The molecule has 1 saturated heterocycles. The number of nitro benzene ring substituents is 1. The first-order valence-electron chi connectivity index (χ1n) is 4.82. The summed E-state index contributed by atoms with van der Waals surface area (Å²) in [4.78, 5) is 20.8. The maximum absolute atomic E-state index is 10.8. The van der Waals surface area contributed by atoms with Gasteiger partial charge in [-0.1, -0.05) is 12.1 Å². The van der Waals surface area contributed by atoms with Gasteiger partial charge in [-0.15, -0.1) is 0 Å². The average molecular weight is 222 g/mol. The summed E-state index contributed by atoms with van der Waals surface area (Å²) in [6, 6.07) is 6.22. The molecule has 0 radical (unpaired) electrons. The number of alkyl carbamates (subject to hydrolysis) is 1. The molecule has 16 heavy (non-hydrogen) atoms. The van der Waals surface area contributed by atoms with Crippen LogP contribution >= 0.6 is 0 Å². The van der Waals surface area contributed by atoms with Crippen molar-refractivity contribution in [2.75, 3.05) is 6.61 Å². The van der Waals surface area contributed by atoms with Gasteiger partial charge < -0.3 is 10.1 Å². The van der Waals surface area contributed by atoms with Gasteiger partial charge >= 0.3 is 6.09 Å². The first kappa shape index (κ1) is 10.4. The van der Waals surface area contributed by atoms with Gasteiger partial charge in [0.05, 0.1) is 11.0 Å². The van der Waals surface area contributed by atoms with Crippen molar-refractivity contribution in [1.82, 2.24) is 5.32 Å². The van der Waals surface area contributed by atoms with Crippen LogP contribution in [0, 0.1) is 10.1 Å². The molecule has 6 nitrogen and oxygen atoms in total. The van der Waals surface area contributed by atoms with Crippen LogP contribution in [0.2, 0.25) is 0 Å². The van der Waals surface area contributed by atoms with Crippen LogP contribution in [0.3, 0.4) is 0 Å². The van der Waals surface area contributed by atoms with Gasteiger partial charge in [0, 0.05) is 12.1 Å². The van der Waals surface area contributed by atoms with Crippen molar-refractivity contribution in [2.24, 2.45) is 0 Å². The van der Waals surface area contributed by atoms with E-state index in [1.165, 1.54) is 12.1 Å². The zero-order chi connectivity index (χ0) is 11.5. The van der Waals surface area contributed by atoms with Crippen molar-refractivity contribution in [3.63, 3.8) is 0 Å². The van der Waals surface area contributed by atoms with Crippen LogP contribution in [0.25, 0.3) is 0 Å². The molecule has 1 atom stereocenters. The van der Waals surface area contributed by atoms with Gasteiger partial charge in [-0.2, -0.15) is 0 Å². The second-order valence-corrected chi connectivity index (χ2v) is 3.57. The summed E-state index contributed by atoms with van der Waals surface area (Å²) >= 11 is 0. The zero-order valence-electron chi connectivity index (χ0n) is 8.38. The summed E-state index contributed by atoms with van der Waals surface area (Å²) in [5, 5.41) is 13.1. The molecule has 0 bridgehead atoms. The normalized spacial score (nSPS) is 19.0. The number of nitrogens with one attached hydrogen (secondary N) is 1. The van der Waals surface area contributed by atoms with Crippen LogP contribution < -0.4 is 5.32 Å². The van der Waals surface area contributed by atoms with E-state index in [1.807, 2.05) is 0 Å². The Morgan fingerprint density at radius 3 is 2.62 bits per heavy atom. The highest BCUT2D eigenvalue weighted by Gasteiger charge is 2.22. The number of cyclic esters (lactones) is 1. The lowest BCUT2D eigenvalue weighted by atomic mass is 10.1. The van der Waals surface area contributed by atoms with Crippen LogP contribution in [-0.4, -0.2) is 23.7 Å². The van der Waals surface area contributed by atoms with Crippen molar-refractivity contribution in [1.29, 1.82) is 0 Å². The summed E-state index contributed by atoms with van der Waals surface area (Å²) in [5.74, 6) is 0. The first-order chi connectivity index (χ1) is 7.65. The molecule has 2 rings (SSSR count). The Morgan fingerprint density at radius 2 is 2.12 bits per heavy atom. The van der Waals surface area contributed by atoms with E-state index < -0.39 is 11.0 Å². The molecular formula is C10H10N2O4. The maximum Gasteiger partial charge on any atom is 0.407 e. The van der Waals surface area contributed by atoms with Gasteiger partial charge in [-0.3, -0.25) is 10.1 Å². The Hall–Kier alpha value is -2.11. The van der Waals surface area contributed by atoms with Gasteiger partial charge in [0.2, 0.25) is 0 Å². The number of nitrogens with zero attached hydrogens (tertiary/aromatic N) is 1. The van der Waals surface area contributed by atoms with Gasteiger partial charge in [0.1, 0.15) is 6.61 Å². The van der Waals surface area contributed by atoms with E-state index in [2.05, 4.69) is 5.32 Å². The third-order valence-electron chi connectivity index (χ3n) is 2.37. The quantitative estimate of drug-likeness (QED) is 0.616. The number of carbonyl (C=O) groups is 1. The van der Waals surface area contributed by atoms with Gasteiger partial charge in [0.15, 0.2) is 0 Å². The van der Waals surface area contributed by atoms with Crippen LogP contribution in [-0.2, 0) is 11.2 Å². The second-order valence-electron chi connectivity index (χ2n) is 3.57. The van der Waals surface area contributed by atoms with Crippen molar-refractivity contribution in [3.05, 3.63) is 39.9 Å². The van der Waals surface area contributed by atoms with E-state index in [9.17, 15) is 14.9 Å². The number of non-ortho nitro benzene ring substituents is 1. The van der Waals surface area contributed by atoms with Gasteiger partial charge in [-0.05, 0) is 12.0 Å². The highest BCUT2D eigenvalue weighted by Crippen LogP contribution is 2.14.